The molecular formula is C21H24FN3O2S. The van der Waals surface area contributed by atoms with E-state index < -0.39 is 21.9 Å². The highest BCUT2D eigenvalue weighted by Gasteiger charge is 2.26. The predicted octanol–water partition coefficient (Wildman–Crippen LogP) is 4.14. The summed E-state index contributed by atoms with van der Waals surface area (Å²) >= 11 is 0. The molecule has 2 unspecified atom stereocenters. The third-order valence-electron chi connectivity index (χ3n) is 4.94. The van der Waals surface area contributed by atoms with E-state index in [1.54, 1.807) is 48.3 Å². The van der Waals surface area contributed by atoms with Crippen molar-refractivity contribution >= 4 is 10.0 Å². The van der Waals surface area contributed by atoms with Crippen LogP contribution in [0.5, 0.6) is 0 Å². The number of aryl methyl sites for hydroxylation is 1. The maximum atomic E-state index is 13.8. The molecule has 1 heterocycles. The molecule has 2 aromatic carbocycles. The van der Waals surface area contributed by atoms with Crippen LogP contribution in [0, 0.1) is 5.82 Å². The van der Waals surface area contributed by atoms with Crippen LogP contribution < -0.4 is 4.72 Å². The van der Waals surface area contributed by atoms with Gasteiger partial charge in [-0.25, -0.2) is 17.8 Å². The van der Waals surface area contributed by atoms with E-state index in [0.717, 1.165) is 12.0 Å². The lowest BCUT2D eigenvalue weighted by molar-refractivity contribution is 0.560. The first kappa shape index (κ1) is 20.2. The number of hydrogen-bond donors (Lipinski definition) is 1. The number of halogens is 1. The summed E-state index contributed by atoms with van der Waals surface area (Å²) in [6.45, 7) is 4.19. The molecule has 7 heteroatoms. The Balaban J connectivity index is 1.97. The molecule has 0 aliphatic rings. The van der Waals surface area contributed by atoms with Crippen LogP contribution in [0.2, 0.25) is 0 Å². The van der Waals surface area contributed by atoms with Gasteiger partial charge in [0.2, 0.25) is 10.0 Å². The minimum absolute atomic E-state index is 0.162. The van der Waals surface area contributed by atoms with Crippen molar-refractivity contribution in [3.8, 4) is 0 Å². The molecular weight excluding hydrogens is 377 g/mol. The minimum Gasteiger partial charge on any atom is -0.336 e. The zero-order valence-corrected chi connectivity index (χ0v) is 16.9. The first-order chi connectivity index (χ1) is 13.3. The molecule has 1 N–H and O–H groups in total. The number of nitrogens with zero attached hydrogens (tertiary/aromatic N) is 2. The van der Waals surface area contributed by atoms with Crippen LogP contribution in [0.4, 0.5) is 4.39 Å². The molecule has 28 heavy (non-hydrogen) atoms. The highest BCUT2D eigenvalue weighted by Crippen LogP contribution is 2.25. The summed E-state index contributed by atoms with van der Waals surface area (Å²) in [6.07, 6.45) is 4.28. The Bertz CT molecular complexity index is 1050. The van der Waals surface area contributed by atoms with Gasteiger partial charge in [-0.2, -0.15) is 4.72 Å². The van der Waals surface area contributed by atoms with Crippen LogP contribution in [-0.4, -0.2) is 18.0 Å². The van der Waals surface area contributed by atoms with Gasteiger partial charge in [0, 0.05) is 19.4 Å². The summed E-state index contributed by atoms with van der Waals surface area (Å²) < 4.78 is 44.2. The Kier molecular flexibility index (Phi) is 5.96. The Hall–Kier alpha value is -2.51. The van der Waals surface area contributed by atoms with E-state index in [2.05, 4.69) is 23.6 Å². The standard InChI is InChI=1S/C21H24FN3O2S/c1-4-15(2)16-8-10-19(11-9-16)28(26,27)24-20(21-23-12-13-25(21)3)17-6-5-7-18(22)14-17/h5-15,20,24H,4H2,1-3H3. The van der Waals surface area contributed by atoms with Gasteiger partial charge in [-0.1, -0.05) is 38.1 Å². The average molecular weight is 402 g/mol. The van der Waals surface area contributed by atoms with Crippen molar-refractivity contribution < 1.29 is 12.8 Å². The van der Waals surface area contributed by atoms with Crippen molar-refractivity contribution in [3.63, 3.8) is 0 Å². The van der Waals surface area contributed by atoms with E-state index in [9.17, 15) is 12.8 Å². The summed E-state index contributed by atoms with van der Waals surface area (Å²) in [5.74, 6) is 0.400. The quantitative estimate of drug-likeness (QED) is 0.647. The van der Waals surface area contributed by atoms with Gasteiger partial charge < -0.3 is 4.57 Å². The lowest BCUT2D eigenvalue weighted by Gasteiger charge is -2.19. The first-order valence-corrected chi connectivity index (χ1v) is 10.6. The van der Waals surface area contributed by atoms with Gasteiger partial charge in [-0.3, -0.25) is 0 Å². The number of imidazole rings is 1. The van der Waals surface area contributed by atoms with Crippen molar-refractivity contribution in [1.29, 1.82) is 0 Å². The summed E-state index contributed by atoms with van der Waals surface area (Å²) in [4.78, 5) is 4.42. The second-order valence-corrected chi connectivity index (χ2v) is 8.60. The number of nitrogens with one attached hydrogen (secondary N) is 1. The smallest absolute Gasteiger partial charge is 0.241 e. The third-order valence-corrected chi connectivity index (χ3v) is 6.38. The molecule has 0 radical (unpaired) electrons. The molecule has 3 rings (SSSR count). The van der Waals surface area contributed by atoms with Crippen LogP contribution in [-0.2, 0) is 17.1 Å². The highest BCUT2D eigenvalue weighted by atomic mass is 32.2. The maximum Gasteiger partial charge on any atom is 0.241 e. The van der Waals surface area contributed by atoms with E-state index in [1.165, 1.54) is 12.1 Å². The normalized spacial score (nSPS) is 14.0. The molecule has 0 bridgehead atoms. The van der Waals surface area contributed by atoms with Crippen molar-refractivity contribution in [1.82, 2.24) is 14.3 Å². The highest BCUT2D eigenvalue weighted by molar-refractivity contribution is 7.89. The van der Waals surface area contributed by atoms with Gasteiger partial charge in [-0.05, 0) is 47.7 Å². The topological polar surface area (TPSA) is 64.0 Å². The fraction of sp³-hybridized carbons (Fsp3) is 0.286. The lowest BCUT2D eigenvalue weighted by Crippen LogP contribution is -2.31. The number of rotatable bonds is 7. The minimum atomic E-state index is -3.84. The van der Waals surface area contributed by atoms with Gasteiger partial charge >= 0.3 is 0 Å². The molecule has 3 aromatic rings. The summed E-state index contributed by atoms with van der Waals surface area (Å²) in [5, 5.41) is 0. The molecule has 0 aliphatic carbocycles. The van der Waals surface area contributed by atoms with E-state index in [-0.39, 0.29) is 4.90 Å². The van der Waals surface area contributed by atoms with Crippen LogP contribution in [0.1, 0.15) is 49.2 Å². The summed E-state index contributed by atoms with van der Waals surface area (Å²) in [6, 6.07) is 11.9. The van der Waals surface area contributed by atoms with Crippen LogP contribution >= 0.6 is 0 Å². The molecule has 2 atom stereocenters. The molecule has 0 aliphatic heterocycles. The average Bonchev–Trinajstić information content (AvgIpc) is 3.11. The van der Waals surface area contributed by atoms with Crippen molar-refractivity contribution in [2.45, 2.75) is 37.1 Å². The van der Waals surface area contributed by atoms with Crippen LogP contribution in [0.15, 0.2) is 65.8 Å². The number of sulfonamides is 1. The van der Waals surface area contributed by atoms with Crippen molar-refractivity contribution in [2.24, 2.45) is 7.05 Å². The number of benzene rings is 2. The van der Waals surface area contributed by atoms with E-state index in [1.807, 2.05) is 12.1 Å². The molecule has 0 fully saturated rings. The van der Waals surface area contributed by atoms with Crippen LogP contribution in [0.25, 0.3) is 0 Å². The molecule has 0 spiro atoms. The fourth-order valence-corrected chi connectivity index (χ4v) is 4.23. The Morgan fingerprint density at radius 2 is 1.86 bits per heavy atom. The second-order valence-electron chi connectivity index (χ2n) is 6.88. The summed E-state index contributed by atoms with van der Waals surface area (Å²) in [7, 11) is -2.07. The van der Waals surface area contributed by atoms with E-state index in [0.29, 0.717) is 17.3 Å². The molecule has 5 nitrogen and oxygen atoms in total. The Morgan fingerprint density at radius 1 is 1.14 bits per heavy atom. The molecule has 0 saturated heterocycles. The Morgan fingerprint density at radius 3 is 2.43 bits per heavy atom. The molecule has 0 amide bonds. The van der Waals surface area contributed by atoms with Crippen molar-refractivity contribution in [2.75, 3.05) is 0 Å². The molecule has 148 valence electrons. The van der Waals surface area contributed by atoms with Gasteiger partial charge in [0.1, 0.15) is 17.7 Å². The Labute approximate surface area is 165 Å². The second kappa shape index (κ2) is 8.24. The van der Waals surface area contributed by atoms with Gasteiger partial charge in [0.05, 0.1) is 4.90 Å². The number of hydrogen-bond acceptors (Lipinski definition) is 3. The van der Waals surface area contributed by atoms with E-state index in [4.69, 9.17) is 0 Å². The van der Waals surface area contributed by atoms with Crippen LogP contribution in [0.3, 0.4) is 0 Å². The zero-order chi connectivity index (χ0) is 20.3. The number of aromatic nitrogens is 2. The van der Waals surface area contributed by atoms with Gasteiger partial charge in [0.15, 0.2) is 0 Å². The molecule has 0 saturated carbocycles. The SMILES string of the molecule is CCC(C)c1ccc(S(=O)(=O)NC(c2cccc(F)c2)c2nccn2C)cc1. The van der Waals surface area contributed by atoms with E-state index >= 15 is 0 Å². The van der Waals surface area contributed by atoms with Gasteiger partial charge in [-0.15, -0.1) is 0 Å². The van der Waals surface area contributed by atoms with Crippen molar-refractivity contribution in [3.05, 3.63) is 83.7 Å². The third kappa shape index (κ3) is 4.31. The monoisotopic (exact) mass is 401 g/mol. The fourth-order valence-electron chi connectivity index (χ4n) is 3.05. The predicted molar refractivity (Wildman–Crippen MR) is 107 cm³/mol. The first-order valence-electron chi connectivity index (χ1n) is 9.16. The summed E-state index contributed by atoms with van der Waals surface area (Å²) in [5.41, 5.74) is 1.57. The largest absolute Gasteiger partial charge is 0.336 e. The maximum absolute atomic E-state index is 13.8. The van der Waals surface area contributed by atoms with Gasteiger partial charge in [0.25, 0.3) is 0 Å². The zero-order valence-electron chi connectivity index (χ0n) is 16.1. The lowest BCUT2D eigenvalue weighted by atomic mass is 9.99. The molecule has 1 aromatic heterocycles.